The Morgan fingerprint density at radius 2 is 1.74 bits per heavy atom. The third-order valence-corrected chi connectivity index (χ3v) is 4.39. The quantitative estimate of drug-likeness (QED) is 0.820. The van der Waals surface area contributed by atoms with Crippen LogP contribution < -0.4 is 5.32 Å². The number of carbonyl (C=O) groups excluding carboxylic acids is 1. The molecule has 2 unspecified atom stereocenters. The van der Waals surface area contributed by atoms with Gasteiger partial charge in [-0.1, -0.05) is 27.7 Å². The van der Waals surface area contributed by atoms with E-state index in [1.54, 1.807) is 0 Å². The van der Waals surface area contributed by atoms with E-state index in [4.69, 9.17) is 0 Å². The minimum atomic E-state index is 0.00554. The molecule has 1 N–H and O–H groups in total. The molecule has 2 heterocycles. The fourth-order valence-corrected chi connectivity index (χ4v) is 3.20. The summed E-state index contributed by atoms with van der Waals surface area (Å²) in [4.78, 5) is 17.1. The molecule has 0 radical (unpaired) electrons. The van der Waals surface area contributed by atoms with Crippen molar-refractivity contribution in [2.45, 2.75) is 52.7 Å². The summed E-state index contributed by atoms with van der Waals surface area (Å²) in [5.74, 6) is 1.13. The van der Waals surface area contributed by atoms with E-state index in [1.807, 2.05) is 0 Å². The number of rotatable bonds is 5. The zero-order chi connectivity index (χ0) is 14.0. The first-order chi connectivity index (χ1) is 9.00. The number of nitrogens with one attached hydrogen (secondary N) is 1. The van der Waals surface area contributed by atoms with Crippen LogP contribution in [-0.2, 0) is 4.79 Å². The summed E-state index contributed by atoms with van der Waals surface area (Å²) in [6.07, 6.45) is 2.84. The van der Waals surface area contributed by atoms with Crippen molar-refractivity contribution < 1.29 is 4.79 Å². The van der Waals surface area contributed by atoms with Gasteiger partial charge in [0.25, 0.3) is 0 Å². The lowest BCUT2D eigenvalue weighted by Gasteiger charge is -2.29. The van der Waals surface area contributed by atoms with Crippen molar-refractivity contribution in [1.82, 2.24) is 15.1 Å². The van der Waals surface area contributed by atoms with Crippen molar-refractivity contribution in [2.24, 2.45) is 11.8 Å². The molecule has 4 nitrogen and oxygen atoms in total. The lowest BCUT2D eigenvalue weighted by molar-refractivity contribution is -0.131. The molecule has 2 aliphatic heterocycles. The third kappa shape index (κ3) is 3.29. The zero-order valence-corrected chi connectivity index (χ0v) is 12.9. The maximum absolute atomic E-state index is 12.5. The summed E-state index contributed by atoms with van der Waals surface area (Å²) in [5.41, 5.74) is 0. The van der Waals surface area contributed by atoms with Crippen molar-refractivity contribution in [1.29, 1.82) is 0 Å². The standard InChI is InChI=1S/C15H29N3O/c1-11(2)13-15(19)18(14(16-13)12(3)4)10-9-17-7-5-6-8-17/h11-14,16H,5-10H2,1-4H3. The fraction of sp³-hybridized carbons (Fsp3) is 0.933. The summed E-state index contributed by atoms with van der Waals surface area (Å²) >= 11 is 0. The van der Waals surface area contributed by atoms with Crippen LogP contribution in [0.2, 0.25) is 0 Å². The van der Waals surface area contributed by atoms with Crippen LogP contribution in [0.5, 0.6) is 0 Å². The molecule has 0 bridgehead atoms. The lowest BCUT2D eigenvalue weighted by Crippen LogP contribution is -2.44. The molecule has 2 atom stereocenters. The average Bonchev–Trinajstić information content (AvgIpc) is 2.94. The van der Waals surface area contributed by atoms with Gasteiger partial charge in [-0.3, -0.25) is 10.1 Å². The van der Waals surface area contributed by atoms with E-state index >= 15 is 0 Å². The smallest absolute Gasteiger partial charge is 0.241 e. The van der Waals surface area contributed by atoms with Crippen molar-refractivity contribution in [3.8, 4) is 0 Å². The Morgan fingerprint density at radius 3 is 2.26 bits per heavy atom. The van der Waals surface area contributed by atoms with E-state index in [9.17, 15) is 4.79 Å². The molecule has 4 heteroatoms. The van der Waals surface area contributed by atoms with Crippen LogP contribution in [0.3, 0.4) is 0 Å². The number of nitrogens with zero attached hydrogens (tertiary/aromatic N) is 2. The predicted molar refractivity (Wildman–Crippen MR) is 77.8 cm³/mol. The Morgan fingerprint density at radius 1 is 1.11 bits per heavy atom. The number of hydrogen-bond acceptors (Lipinski definition) is 3. The van der Waals surface area contributed by atoms with Gasteiger partial charge in [0.1, 0.15) is 0 Å². The zero-order valence-electron chi connectivity index (χ0n) is 12.9. The molecular weight excluding hydrogens is 238 g/mol. The highest BCUT2D eigenvalue weighted by molar-refractivity contribution is 5.84. The number of hydrogen-bond donors (Lipinski definition) is 1. The molecule has 0 aromatic heterocycles. The van der Waals surface area contributed by atoms with Crippen molar-refractivity contribution >= 4 is 5.91 Å². The Labute approximate surface area is 117 Å². The highest BCUT2D eigenvalue weighted by Gasteiger charge is 2.41. The predicted octanol–water partition coefficient (Wildman–Crippen LogP) is 1.52. The topological polar surface area (TPSA) is 35.6 Å². The van der Waals surface area contributed by atoms with Gasteiger partial charge in [0.05, 0.1) is 12.2 Å². The highest BCUT2D eigenvalue weighted by atomic mass is 16.2. The molecule has 2 rings (SSSR count). The number of likely N-dealkylation sites (tertiary alicyclic amines) is 1. The van der Waals surface area contributed by atoms with Crippen LogP contribution in [-0.4, -0.2) is 54.1 Å². The maximum atomic E-state index is 12.5. The first-order valence-corrected chi connectivity index (χ1v) is 7.79. The molecule has 0 aromatic carbocycles. The van der Waals surface area contributed by atoms with E-state index in [0.29, 0.717) is 17.7 Å². The normalized spacial score (nSPS) is 29.2. The molecule has 0 aliphatic carbocycles. The molecule has 0 spiro atoms. The number of carbonyl (C=O) groups is 1. The molecule has 110 valence electrons. The molecule has 19 heavy (non-hydrogen) atoms. The van der Waals surface area contributed by atoms with E-state index in [-0.39, 0.29) is 12.2 Å². The lowest BCUT2D eigenvalue weighted by atomic mass is 10.0. The van der Waals surface area contributed by atoms with Crippen LogP contribution in [0.1, 0.15) is 40.5 Å². The van der Waals surface area contributed by atoms with Crippen LogP contribution in [0.25, 0.3) is 0 Å². The second-order valence-electron chi connectivity index (χ2n) is 6.66. The molecule has 2 fully saturated rings. The van der Waals surface area contributed by atoms with Gasteiger partial charge in [-0.25, -0.2) is 0 Å². The molecule has 2 aliphatic rings. The summed E-state index contributed by atoms with van der Waals surface area (Å²) in [5, 5.41) is 3.52. The van der Waals surface area contributed by atoms with Gasteiger partial charge >= 0.3 is 0 Å². The minimum Gasteiger partial charge on any atom is -0.324 e. The van der Waals surface area contributed by atoms with E-state index in [0.717, 1.165) is 13.1 Å². The average molecular weight is 267 g/mol. The monoisotopic (exact) mass is 267 g/mol. The summed E-state index contributed by atoms with van der Waals surface area (Å²) < 4.78 is 0. The van der Waals surface area contributed by atoms with Crippen LogP contribution >= 0.6 is 0 Å². The van der Waals surface area contributed by atoms with Gasteiger partial charge in [0.2, 0.25) is 5.91 Å². The summed E-state index contributed by atoms with van der Waals surface area (Å²) in [7, 11) is 0. The fourth-order valence-electron chi connectivity index (χ4n) is 3.20. The van der Waals surface area contributed by atoms with E-state index in [2.05, 4.69) is 42.8 Å². The van der Waals surface area contributed by atoms with Crippen LogP contribution in [0.15, 0.2) is 0 Å². The van der Waals surface area contributed by atoms with Gasteiger partial charge in [0, 0.05) is 13.1 Å². The molecular formula is C15H29N3O. The van der Waals surface area contributed by atoms with Gasteiger partial charge in [-0.15, -0.1) is 0 Å². The van der Waals surface area contributed by atoms with Crippen LogP contribution in [0.4, 0.5) is 0 Å². The Hall–Kier alpha value is -0.610. The number of amides is 1. The van der Waals surface area contributed by atoms with Gasteiger partial charge in [0.15, 0.2) is 0 Å². The van der Waals surface area contributed by atoms with Crippen molar-refractivity contribution in [2.75, 3.05) is 26.2 Å². The SMILES string of the molecule is CC(C)C1NC(C(C)C)N(CCN2CCCC2)C1=O. The first-order valence-electron chi connectivity index (χ1n) is 7.79. The summed E-state index contributed by atoms with van der Waals surface area (Å²) in [6.45, 7) is 12.9. The van der Waals surface area contributed by atoms with Gasteiger partial charge in [-0.2, -0.15) is 0 Å². The minimum absolute atomic E-state index is 0.00554. The maximum Gasteiger partial charge on any atom is 0.241 e. The molecule has 0 aromatic rings. The van der Waals surface area contributed by atoms with Crippen molar-refractivity contribution in [3.63, 3.8) is 0 Å². The second-order valence-corrected chi connectivity index (χ2v) is 6.66. The highest BCUT2D eigenvalue weighted by Crippen LogP contribution is 2.21. The van der Waals surface area contributed by atoms with Gasteiger partial charge in [-0.05, 0) is 37.8 Å². The van der Waals surface area contributed by atoms with Crippen LogP contribution in [0, 0.1) is 11.8 Å². The van der Waals surface area contributed by atoms with Crippen molar-refractivity contribution in [3.05, 3.63) is 0 Å². The largest absolute Gasteiger partial charge is 0.324 e. The van der Waals surface area contributed by atoms with E-state index < -0.39 is 0 Å². The van der Waals surface area contributed by atoms with E-state index in [1.165, 1.54) is 25.9 Å². The first kappa shape index (κ1) is 14.8. The second kappa shape index (κ2) is 6.23. The van der Waals surface area contributed by atoms with Gasteiger partial charge < -0.3 is 9.80 Å². The Kier molecular flexibility index (Phi) is 4.85. The molecule has 0 saturated carbocycles. The Bertz CT molecular complexity index is 311. The molecule has 1 amide bonds. The summed E-state index contributed by atoms with van der Waals surface area (Å²) in [6, 6.07) is 0.00554. The molecule has 2 saturated heterocycles. The third-order valence-electron chi connectivity index (χ3n) is 4.39. The Balaban J connectivity index is 1.96.